The first-order valence-electron chi connectivity index (χ1n) is 22.0. The molecule has 4 bridgehead atoms. The average molecular weight is 726 g/mol. The first-order chi connectivity index (χ1) is 27.4. The number of hydrogen-bond donors (Lipinski definition) is 0. The molecular formula is C55H51N. The van der Waals surface area contributed by atoms with Gasteiger partial charge in [0, 0.05) is 33.3 Å². The van der Waals surface area contributed by atoms with Gasteiger partial charge in [-0.05, 0) is 172 Å². The van der Waals surface area contributed by atoms with Gasteiger partial charge in [-0.15, -0.1) is 0 Å². The Labute approximate surface area is 332 Å². The number of anilines is 3. The van der Waals surface area contributed by atoms with Crippen molar-refractivity contribution in [3.05, 3.63) is 161 Å². The van der Waals surface area contributed by atoms with Crippen molar-refractivity contribution in [1.82, 2.24) is 0 Å². The van der Waals surface area contributed by atoms with Crippen molar-refractivity contribution in [3.8, 4) is 33.4 Å². The van der Waals surface area contributed by atoms with Gasteiger partial charge in [0.1, 0.15) is 0 Å². The van der Waals surface area contributed by atoms with Crippen molar-refractivity contribution in [2.24, 2.45) is 23.7 Å². The summed E-state index contributed by atoms with van der Waals surface area (Å²) in [6.07, 6.45) is 13.7. The largest absolute Gasteiger partial charge is 0.310 e. The number of nitrogens with zero attached hydrogens (tertiary/aromatic N) is 1. The van der Waals surface area contributed by atoms with Crippen LogP contribution in [0.5, 0.6) is 0 Å². The van der Waals surface area contributed by atoms with Gasteiger partial charge >= 0.3 is 0 Å². The van der Waals surface area contributed by atoms with Gasteiger partial charge in [-0.1, -0.05) is 124 Å². The number of rotatable bonds is 3. The lowest BCUT2D eigenvalue weighted by atomic mass is 9.51. The van der Waals surface area contributed by atoms with Gasteiger partial charge in [-0.3, -0.25) is 0 Å². The standard InChI is InChI=1S/C55H51N/c1-53(2)47-14-6-3-11-41(47)44-22-19-39(32-51(44)53)56(38-21-24-49-46(31-38)43-13-4-7-15-48(43)54(49)25-9-10-26-54)40-20-23-45-42-12-5-8-16-50(42)55(52(45)33-40)36-18-17-34-27-35(29-36)30-37(55)28-34/h3-8,11-16,19-24,31-37H,9-10,17-18,25-30H2,1-2H3. The van der Waals surface area contributed by atoms with Crippen LogP contribution in [0, 0.1) is 23.7 Å². The maximum absolute atomic E-state index is 2.70. The van der Waals surface area contributed by atoms with Crippen molar-refractivity contribution >= 4 is 17.1 Å². The highest BCUT2D eigenvalue weighted by Gasteiger charge is 2.59. The number of fused-ring (bicyclic) bond motifs is 12. The second-order valence-corrected chi connectivity index (χ2v) is 19.6. The maximum atomic E-state index is 2.70. The van der Waals surface area contributed by atoms with E-state index in [0.29, 0.717) is 0 Å². The zero-order valence-electron chi connectivity index (χ0n) is 33.0. The number of hydrogen-bond acceptors (Lipinski definition) is 1. The highest BCUT2D eigenvalue weighted by Crippen LogP contribution is 2.68. The Morgan fingerprint density at radius 2 is 0.964 bits per heavy atom. The van der Waals surface area contributed by atoms with E-state index in [0.717, 1.165) is 23.7 Å². The first-order valence-corrected chi connectivity index (χ1v) is 22.0. The molecule has 0 radical (unpaired) electrons. The van der Waals surface area contributed by atoms with Gasteiger partial charge in [0.25, 0.3) is 0 Å². The molecule has 1 nitrogen and oxygen atoms in total. The molecule has 0 heterocycles. The molecule has 0 aliphatic heterocycles. The summed E-state index contributed by atoms with van der Waals surface area (Å²) in [4.78, 5) is 2.64. The zero-order chi connectivity index (χ0) is 37.0. The monoisotopic (exact) mass is 725 g/mol. The molecule has 276 valence electrons. The Hall–Kier alpha value is -4.88. The van der Waals surface area contributed by atoms with Crippen LogP contribution in [0.15, 0.2) is 127 Å². The molecule has 0 N–H and O–H groups in total. The summed E-state index contributed by atoms with van der Waals surface area (Å²) in [5, 5.41) is 0. The van der Waals surface area contributed by atoms with Crippen molar-refractivity contribution in [2.75, 3.05) is 4.90 Å². The lowest BCUT2D eigenvalue weighted by Crippen LogP contribution is -2.48. The van der Waals surface area contributed by atoms with Gasteiger partial charge in [-0.25, -0.2) is 0 Å². The van der Waals surface area contributed by atoms with Crippen LogP contribution < -0.4 is 4.90 Å². The molecule has 14 rings (SSSR count). The molecule has 56 heavy (non-hydrogen) atoms. The fourth-order valence-corrected chi connectivity index (χ4v) is 14.8. The molecule has 6 aromatic rings. The third-order valence-corrected chi connectivity index (χ3v) is 16.9. The van der Waals surface area contributed by atoms with Gasteiger partial charge in [0.05, 0.1) is 0 Å². The summed E-state index contributed by atoms with van der Waals surface area (Å²) in [7, 11) is 0. The van der Waals surface area contributed by atoms with Crippen LogP contribution in [0.1, 0.15) is 111 Å². The van der Waals surface area contributed by atoms with Crippen molar-refractivity contribution in [3.63, 3.8) is 0 Å². The van der Waals surface area contributed by atoms with E-state index < -0.39 is 0 Å². The Bertz CT molecular complexity index is 2630. The molecule has 1 heteroatoms. The van der Waals surface area contributed by atoms with Gasteiger partial charge in [0.2, 0.25) is 0 Å². The minimum absolute atomic E-state index is 0.0678. The van der Waals surface area contributed by atoms with Crippen molar-refractivity contribution < 1.29 is 0 Å². The van der Waals surface area contributed by atoms with E-state index in [1.807, 2.05) is 0 Å². The Kier molecular flexibility index (Phi) is 6.42. The van der Waals surface area contributed by atoms with E-state index >= 15 is 0 Å². The van der Waals surface area contributed by atoms with Crippen LogP contribution >= 0.6 is 0 Å². The van der Waals surface area contributed by atoms with Crippen LogP contribution in [0.25, 0.3) is 33.4 Å². The summed E-state index contributed by atoms with van der Waals surface area (Å²) in [5.74, 6) is 3.29. The third kappa shape index (κ3) is 3.98. The molecule has 5 atom stereocenters. The number of benzene rings is 6. The van der Waals surface area contributed by atoms with Gasteiger partial charge in [0.15, 0.2) is 0 Å². The normalized spacial score (nSPS) is 27.1. The summed E-state index contributed by atoms with van der Waals surface area (Å²) in [5.41, 5.74) is 22.0. The van der Waals surface area contributed by atoms with E-state index in [4.69, 9.17) is 0 Å². The fraction of sp³-hybridized carbons (Fsp3) is 0.345. The average Bonchev–Trinajstić information content (AvgIpc) is 3.92. The molecule has 8 aliphatic carbocycles. The Morgan fingerprint density at radius 1 is 0.429 bits per heavy atom. The molecule has 0 amide bonds. The molecule has 5 unspecified atom stereocenters. The van der Waals surface area contributed by atoms with E-state index in [2.05, 4.69) is 146 Å². The van der Waals surface area contributed by atoms with Crippen molar-refractivity contribution in [2.45, 2.75) is 94.3 Å². The fourth-order valence-electron chi connectivity index (χ4n) is 14.8. The summed E-state index contributed by atoms with van der Waals surface area (Å²) >= 11 is 0. The second-order valence-electron chi connectivity index (χ2n) is 19.6. The van der Waals surface area contributed by atoms with E-state index in [1.165, 1.54) is 126 Å². The summed E-state index contributed by atoms with van der Waals surface area (Å²) < 4.78 is 0. The van der Waals surface area contributed by atoms with E-state index in [-0.39, 0.29) is 16.2 Å². The summed E-state index contributed by atoms with van der Waals surface area (Å²) in [6.45, 7) is 4.84. The SMILES string of the molecule is CC1(C)c2ccccc2-c2ccc(N(c3ccc4c(c3)-c3ccccc3C43CCCC3)c3ccc4c(c3)C3(c5ccccc5-4)C4CCC5CC(C4)CC3C5)cc21. The highest BCUT2D eigenvalue weighted by molar-refractivity contribution is 5.91. The molecule has 6 aromatic carbocycles. The molecule has 8 aliphatic rings. The zero-order valence-corrected chi connectivity index (χ0v) is 33.0. The van der Waals surface area contributed by atoms with Gasteiger partial charge < -0.3 is 4.90 Å². The van der Waals surface area contributed by atoms with Crippen molar-refractivity contribution in [1.29, 1.82) is 0 Å². The van der Waals surface area contributed by atoms with Crippen LogP contribution in [0.2, 0.25) is 0 Å². The maximum Gasteiger partial charge on any atom is 0.0468 e. The predicted octanol–water partition coefficient (Wildman–Crippen LogP) is 14.4. The van der Waals surface area contributed by atoms with E-state index in [9.17, 15) is 0 Å². The highest BCUT2D eigenvalue weighted by atomic mass is 15.1. The summed E-state index contributed by atoms with van der Waals surface area (Å²) in [6, 6.07) is 50.7. The van der Waals surface area contributed by atoms with Gasteiger partial charge in [-0.2, -0.15) is 0 Å². The minimum Gasteiger partial charge on any atom is -0.310 e. The molecule has 5 saturated carbocycles. The quantitative estimate of drug-likeness (QED) is 0.176. The molecule has 2 spiro atoms. The smallest absolute Gasteiger partial charge is 0.0468 e. The lowest BCUT2D eigenvalue weighted by Gasteiger charge is -2.53. The van der Waals surface area contributed by atoms with Crippen LogP contribution in [0.4, 0.5) is 17.1 Å². The second kappa shape index (κ2) is 11.2. The van der Waals surface area contributed by atoms with Crippen LogP contribution in [-0.2, 0) is 16.2 Å². The van der Waals surface area contributed by atoms with E-state index in [1.54, 1.807) is 22.3 Å². The first kappa shape index (κ1) is 32.2. The molecular weight excluding hydrogens is 675 g/mol. The molecule has 5 fully saturated rings. The molecule has 0 saturated heterocycles. The topological polar surface area (TPSA) is 3.24 Å². The lowest BCUT2D eigenvalue weighted by molar-refractivity contribution is 0.0618. The third-order valence-electron chi connectivity index (χ3n) is 16.9. The minimum atomic E-state index is -0.0678. The van der Waals surface area contributed by atoms with Crippen LogP contribution in [0.3, 0.4) is 0 Å². The predicted molar refractivity (Wildman–Crippen MR) is 231 cm³/mol. The molecule has 0 aromatic heterocycles. The Morgan fingerprint density at radius 3 is 1.73 bits per heavy atom. The Balaban J connectivity index is 1.04. The van der Waals surface area contributed by atoms with Crippen LogP contribution in [-0.4, -0.2) is 0 Å².